The van der Waals surface area contributed by atoms with Gasteiger partial charge in [0.1, 0.15) is 17.8 Å². The number of ether oxygens (including phenoxy) is 1. The van der Waals surface area contributed by atoms with Crippen molar-refractivity contribution in [1.29, 1.82) is 0 Å². The summed E-state index contributed by atoms with van der Waals surface area (Å²) in [6.45, 7) is 1.78. The predicted octanol–water partition coefficient (Wildman–Crippen LogP) is 3.86. The van der Waals surface area contributed by atoms with Gasteiger partial charge >= 0.3 is 11.9 Å². The van der Waals surface area contributed by atoms with Crippen molar-refractivity contribution < 1.29 is 26.7 Å². The number of pyridine rings is 1. The minimum absolute atomic E-state index is 0.0137. The molecular weight excluding hydrogens is 485 g/mol. The molecule has 180 valence electrons. The number of aromatic nitrogens is 3. The van der Waals surface area contributed by atoms with Crippen LogP contribution in [0.15, 0.2) is 16.9 Å². The maximum atomic E-state index is 15.8. The number of nitrogens with zero attached hydrogens (tertiary/aromatic N) is 3. The van der Waals surface area contributed by atoms with Gasteiger partial charge in [0.15, 0.2) is 5.82 Å². The van der Waals surface area contributed by atoms with Crippen LogP contribution in [-0.4, -0.2) is 46.9 Å². The second-order valence-corrected chi connectivity index (χ2v) is 8.70. The number of aryl methyl sites for hydroxylation is 1. The molecule has 3 atom stereocenters. The van der Waals surface area contributed by atoms with Gasteiger partial charge in [-0.1, -0.05) is 11.6 Å². The number of alkyl halides is 4. The Kier molecular flexibility index (Phi) is 5.21. The number of hydrogen-bond acceptors (Lipinski definition) is 6. The Morgan fingerprint density at radius 2 is 2.03 bits per heavy atom. The van der Waals surface area contributed by atoms with Crippen molar-refractivity contribution in [3.8, 4) is 11.3 Å². The molecule has 0 bridgehead atoms. The first-order chi connectivity index (χ1) is 16.0. The number of halogens is 6. The summed E-state index contributed by atoms with van der Waals surface area (Å²) in [6, 6.07) is 1.59. The Morgan fingerprint density at radius 1 is 1.29 bits per heavy atom. The Balaban J connectivity index is 1.77. The summed E-state index contributed by atoms with van der Waals surface area (Å²) in [5.74, 6) is -1.95. The van der Waals surface area contributed by atoms with Crippen LogP contribution in [0.5, 0.6) is 0 Å². The largest absolute Gasteiger partial charge is 0.418 e. The highest BCUT2D eigenvalue weighted by molar-refractivity contribution is 6.34. The van der Waals surface area contributed by atoms with Gasteiger partial charge in [0.05, 0.1) is 46.6 Å². The molecule has 2 fully saturated rings. The lowest BCUT2D eigenvalue weighted by Gasteiger charge is -2.24. The lowest BCUT2D eigenvalue weighted by Crippen LogP contribution is -2.33. The molecule has 0 radical (unpaired) electrons. The average Bonchev–Trinajstić information content (AvgIpc) is 3.41. The van der Waals surface area contributed by atoms with Crippen LogP contribution in [0.2, 0.25) is 5.02 Å². The standard InChI is InChI=1S/C21H17ClF5N5O2/c1-7-4-11(28)29-17(13(7)21(25,26)27)12-10(22)5-8-16(15(12)24)30-20(33)31-19(8)32-2-3-34-6-9-14(23)18(9)32/h4-5,9,14,18H,2-3,6H2,1H3,(H2,28,29)(H,30,31,33)/t9-,14-,18-/m1/s1. The quantitative estimate of drug-likeness (QED) is 0.518. The van der Waals surface area contributed by atoms with E-state index >= 15 is 4.39 Å². The maximum Gasteiger partial charge on any atom is 0.418 e. The van der Waals surface area contributed by atoms with Gasteiger partial charge in [0.25, 0.3) is 0 Å². The van der Waals surface area contributed by atoms with Gasteiger partial charge in [-0.25, -0.2) is 18.6 Å². The first kappa shape index (κ1) is 22.8. The molecule has 1 saturated carbocycles. The fourth-order valence-corrected chi connectivity index (χ4v) is 4.85. The van der Waals surface area contributed by atoms with Crippen LogP contribution in [0.25, 0.3) is 22.2 Å². The first-order valence-electron chi connectivity index (χ1n) is 10.2. The van der Waals surface area contributed by atoms with Gasteiger partial charge in [-0.05, 0) is 24.6 Å². The molecule has 0 spiro atoms. The van der Waals surface area contributed by atoms with E-state index < -0.39 is 63.2 Å². The van der Waals surface area contributed by atoms with Gasteiger partial charge in [-0.2, -0.15) is 18.2 Å². The van der Waals surface area contributed by atoms with Gasteiger partial charge in [-0.15, -0.1) is 0 Å². The molecule has 34 heavy (non-hydrogen) atoms. The number of H-pyrrole nitrogens is 1. The number of aromatic amines is 1. The van der Waals surface area contributed by atoms with E-state index in [4.69, 9.17) is 22.1 Å². The lowest BCUT2D eigenvalue weighted by atomic mass is 9.99. The molecule has 1 aromatic carbocycles. The van der Waals surface area contributed by atoms with Crippen molar-refractivity contribution in [1.82, 2.24) is 15.0 Å². The van der Waals surface area contributed by atoms with Crippen molar-refractivity contribution in [2.24, 2.45) is 5.92 Å². The minimum Gasteiger partial charge on any atom is -0.384 e. The average molecular weight is 502 g/mol. The number of anilines is 2. The Hall–Kier alpha value is -2.99. The van der Waals surface area contributed by atoms with E-state index in [0.717, 1.165) is 6.07 Å². The number of nitrogen functional groups attached to an aromatic ring is 1. The maximum absolute atomic E-state index is 15.8. The van der Waals surface area contributed by atoms with E-state index in [1.807, 2.05) is 0 Å². The molecule has 2 aliphatic rings. The topological polar surface area (TPSA) is 97.1 Å². The normalized spacial score (nSPS) is 22.6. The summed E-state index contributed by atoms with van der Waals surface area (Å²) < 4.78 is 77.0. The van der Waals surface area contributed by atoms with Crippen molar-refractivity contribution in [2.75, 3.05) is 30.4 Å². The molecule has 0 unspecified atom stereocenters. The fourth-order valence-electron chi connectivity index (χ4n) is 4.57. The van der Waals surface area contributed by atoms with Gasteiger partial charge < -0.3 is 20.4 Å². The molecule has 0 amide bonds. The highest BCUT2D eigenvalue weighted by Gasteiger charge is 2.56. The number of nitrogens with two attached hydrogens (primary N) is 1. The molecule has 3 N–H and O–H groups in total. The summed E-state index contributed by atoms with van der Waals surface area (Å²) >= 11 is 6.30. The number of nitrogens with one attached hydrogen (secondary N) is 1. The summed E-state index contributed by atoms with van der Waals surface area (Å²) in [5.41, 5.74) is 1.31. The molecule has 3 aromatic rings. The lowest BCUT2D eigenvalue weighted by molar-refractivity contribution is -0.137. The highest BCUT2D eigenvalue weighted by Crippen LogP contribution is 2.46. The SMILES string of the molecule is Cc1cc(N)nc(-c2c(Cl)cc3c(N4CCOC[C@@H]5[C@@H](F)[C@@H]54)nc(=O)[nH]c3c2F)c1C(F)(F)F. The van der Waals surface area contributed by atoms with Crippen molar-refractivity contribution in [3.05, 3.63) is 44.6 Å². The van der Waals surface area contributed by atoms with E-state index in [0.29, 0.717) is 0 Å². The third-order valence-electron chi connectivity index (χ3n) is 6.11. The second kappa shape index (κ2) is 7.77. The zero-order valence-electron chi connectivity index (χ0n) is 17.5. The molecule has 1 aliphatic carbocycles. The third-order valence-corrected chi connectivity index (χ3v) is 6.41. The van der Waals surface area contributed by atoms with Crippen LogP contribution in [-0.2, 0) is 10.9 Å². The molecule has 1 saturated heterocycles. The minimum atomic E-state index is -4.88. The second-order valence-electron chi connectivity index (χ2n) is 8.29. The Labute approximate surface area is 193 Å². The van der Waals surface area contributed by atoms with Crippen LogP contribution in [0.3, 0.4) is 0 Å². The van der Waals surface area contributed by atoms with Gasteiger partial charge in [-0.3, -0.25) is 0 Å². The van der Waals surface area contributed by atoms with E-state index in [1.165, 1.54) is 17.9 Å². The van der Waals surface area contributed by atoms with Crippen LogP contribution < -0.4 is 16.3 Å². The van der Waals surface area contributed by atoms with Crippen molar-refractivity contribution in [2.45, 2.75) is 25.3 Å². The zero-order valence-corrected chi connectivity index (χ0v) is 18.3. The Morgan fingerprint density at radius 3 is 2.74 bits per heavy atom. The van der Waals surface area contributed by atoms with Crippen LogP contribution in [0, 0.1) is 18.7 Å². The van der Waals surface area contributed by atoms with Gasteiger partial charge in [0, 0.05) is 17.8 Å². The molecule has 2 aromatic heterocycles. The van der Waals surface area contributed by atoms with Crippen molar-refractivity contribution >= 4 is 34.1 Å². The molecular formula is C21H17ClF5N5O2. The Bertz CT molecular complexity index is 1380. The van der Waals surface area contributed by atoms with E-state index in [2.05, 4.69) is 15.0 Å². The summed E-state index contributed by atoms with van der Waals surface area (Å²) in [7, 11) is 0. The molecule has 5 rings (SSSR count). The van der Waals surface area contributed by atoms with Crippen molar-refractivity contribution in [3.63, 3.8) is 0 Å². The molecule has 3 heterocycles. The van der Waals surface area contributed by atoms with Crippen LogP contribution in [0.1, 0.15) is 11.1 Å². The number of rotatable bonds is 2. The number of hydrogen-bond donors (Lipinski definition) is 2. The first-order valence-corrected chi connectivity index (χ1v) is 10.6. The monoisotopic (exact) mass is 501 g/mol. The molecule has 13 heteroatoms. The number of fused-ring (bicyclic) bond motifs is 2. The van der Waals surface area contributed by atoms with E-state index in [-0.39, 0.29) is 42.3 Å². The zero-order chi connectivity index (χ0) is 24.5. The van der Waals surface area contributed by atoms with Gasteiger partial charge in [0.2, 0.25) is 0 Å². The number of benzene rings is 1. The molecule has 1 aliphatic heterocycles. The summed E-state index contributed by atoms with van der Waals surface area (Å²) in [4.78, 5) is 23.7. The summed E-state index contributed by atoms with van der Waals surface area (Å²) in [6.07, 6.45) is -6.10. The highest BCUT2D eigenvalue weighted by atomic mass is 35.5. The van der Waals surface area contributed by atoms with E-state index in [1.54, 1.807) is 0 Å². The summed E-state index contributed by atoms with van der Waals surface area (Å²) in [5, 5.41) is -0.391. The predicted molar refractivity (Wildman–Crippen MR) is 115 cm³/mol. The van der Waals surface area contributed by atoms with Crippen LogP contribution in [0.4, 0.5) is 33.6 Å². The smallest absolute Gasteiger partial charge is 0.384 e. The molecule has 7 nitrogen and oxygen atoms in total. The third kappa shape index (κ3) is 3.56. The van der Waals surface area contributed by atoms with Crippen LogP contribution >= 0.6 is 11.6 Å². The van der Waals surface area contributed by atoms with E-state index in [9.17, 15) is 22.4 Å². The fraction of sp³-hybridized carbons (Fsp3) is 0.381.